The lowest BCUT2D eigenvalue weighted by Crippen LogP contribution is -2.58. The molecule has 6 heteroatoms. The predicted octanol–water partition coefficient (Wildman–Crippen LogP) is 3.62. The minimum Gasteiger partial charge on any atom is -0.487 e. The van der Waals surface area contributed by atoms with Gasteiger partial charge in [0.2, 0.25) is 11.8 Å². The number of amides is 2. The van der Waals surface area contributed by atoms with Crippen LogP contribution < -0.4 is 10.1 Å². The Morgan fingerprint density at radius 1 is 1.26 bits per heavy atom. The zero-order chi connectivity index (χ0) is 22.5. The Labute approximate surface area is 185 Å². The van der Waals surface area contributed by atoms with Crippen molar-refractivity contribution in [1.29, 1.82) is 0 Å². The van der Waals surface area contributed by atoms with Gasteiger partial charge in [-0.15, -0.1) is 0 Å². The first-order chi connectivity index (χ1) is 14.6. The molecule has 3 aliphatic rings. The Kier molecular flexibility index (Phi) is 5.80. The highest BCUT2D eigenvalue weighted by Crippen LogP contribution is 2.53. The Morgan fingerprint density at radius 3 is 2.68 bits per heavy atom. The zero-order valence-electron chi connectivity index (χ0n) is 19.6. The third kappa shape index (κ3) is 4.19. The van der Waals surface area contributed by atoms with Crippen LogP contribution in [0.2, 0.25) is 0 Å². The van der Waals surface area contributed by atoms with Gasteiger partial charge in [0.05, 0.1) is 12.2 Å². The van der Waals surface area contributed by atoms with Crippen molar-refractivity contribution in [2.24, 2.45) is 17.8 Å². The third-order valence-electron chi connectivity index (χ3n) is 7.25. The number of carbonyl (C=O) groups excluding carboxylic acids is 2. The van der Waals surface area contributed by atoms with E-state index in [4.69, 9.17) is 9.47 Å². The monoisotopic (exact) mass is 428 g/mol. The molecular weight excluding hydrogens is 392 g/mol. The molecule has 6 nitrogen and oxygen atoms in total. The van der Waals surface area contributed by atoms with Gasteiger partial charge in [-0.05, 0) is 51.2 Å². The standard InChI is InChI=1S/C25H36N2O4/c1-14(2)22(26-16(4)28)24(29)27-10-9-20-17(13-27)12-19-23(30-20)18-8-7-15(3)11-21(18)31-25(19,5)6/h7-8,11,14,17,19-20,22-23H,9-10,12-13H2,1-6H3,(H,26,28)/t17-,19+,20+,22+,23-/m1/s1. The van der Waals surface area contributed by atoms with Crippen LogP contribution in [-0.2, 0) is 14.3 Å². The molecule has 0 aliphatic carbocycles. The van der Waals surface area contributed by atoms with E-state index in [1.807, 2.05) is 18.7 Å². The molecule has 1 aromatic carbocycles. The molecule has 4 rings (SSSR count). The van der Waals surface area contributed by atoms with E-state index in [9.17, 15) is 9.59 Å². The molecule has 2 fully saturated rings. The summed E-state index contributed by atoms with van der Waals surface area (Å²) >= 11 is 0. The summed E-state index contributed by atoms with van der Waals surface area (Å²) in [5, 5.41) is 2.84. The van der Waals surface area contributed by atoms with Crippen LogP contribution in [0.25, 0.3) is 0 Å². The average Bonchev–Trinajstić information content (AvgIpc) is 2.69. The molecule has 0 unspecified atom stereocenters. The van der Waals surface area contributed by atoms with Gasteiger partial charge >= 0.3 is 0 Å². The Balaban J connectivity index is 1.52. The number of piperidine rings is 1. The maximum Gasteiger partial charge on any atom is 0.245 e. The summed E-state index contributed by atoms with van der Waals surface area (Å²) < 4.78 is 13.1. The van der Waals surface area contributed by atoms with Crippen molar-refractivity contribution < 1.29 is 19.1 Å². The first-order valence-electron chi connectivity index (χ1n) is 11.6. The quantitative estimate of drug-likeness (QED) is 0.798. The molecule has 3 aliphatic heterocycles. The van der Waals surface area contributed by atoms with Gasteiger partial charge in [0.15, 0.2) is 0 Å². The number of hydrogen-bond donors (Lipinski definition) is 1. The summed E-state index contributed by atoms with van der Waals surface area (Å²) in [6.45, 7) is 13.1. The predicted molar refractivity (Wildman–Crippen MR) is 119 cm³/mol. The Morgan fingerprint density at radius 2 is 2.00 bits per heavy atom. The van der Waals surface area contributed by atoms with Crippen LogP contribution >= 0.6 is 0 Å². The number of fused-ring (bicyclic) bond motifs is 4. The fraction of sp³-hybridized carbons (Fsp3) is 0.680. The van der Waals surface area contributed by atoms with Gasteiger partial charge in [-0.25, -0.2) is 0 Å². The van der Waals surface area contributed by atoms with Crippen LogP contribution in [0.3, 0.4) is 0 Å². The van der Waals surface area contributed by atoms with Crippen LogP contribution in [0.5, 0.6) is 5.75 Å². The molecule has 5 atom stereocenters. The lowest BCUT2D eigenvalue weighted by Gasteiger charge is -2.53. The van der Waals surface area contributed by atoms with Crippen LogP contribution in [-0.4, -0.2) is 47.6 Å². The number of nitrogens with one attached hydrogen (secondary N) is 1. The summed E-state index contributed by atoms with van der Waals surface area (Å²) in [4.78, 5) is 26.7. The molecule has 0 spiro atoms. The minimum atomic E-state index is -0.476. The molecule has 0 saturated carbocycles. The van der Waals surface area contributed by atoms with Crippen molar-refractivity contribution in [2.75, 3.05) is 13.1 Å². The third-order valence-corrected chi connectivity index (χ3v) is 7.25. The molecule has 0 aromatic heterocycles. The normalized spacial score (nSPS) is 29.8. The number of hydrogen-bond acceptors (Lipinski definition) is 4. The van der Waals surface area contributed by atoms with Gasteiger partial charge < -0.3 is 19.7 Å². The van der Waals surface area contributed by atoms with Crippen LogP contribution in [0.1, 0.15) is 64.7 Å². The molecule has 1 aromatic rings. The van der Waals surface area contributed by atoms with E-state index in [1.165, 1.54) is 12.5 Å². The number of nitrogens with zero attached hydrogens (tertiary/aromatic N) is 1. The highest BCUT2D eigenvalue weighted by Gasteiger charge is 2.51. The second-order valence-electron chi connectivity index (χ2n) is 10.4. The van der Waals surface area contributed by atoms with Crippen LogP contribution in [0, 0.1) is 24.7 Å². The van der Waals surface area contributed by atoms with E-state index < -0.39 is 6.04 Å². The Bertz CT molecular complexity index is 865. The highest BCUT2D eigenvalue weighted by molar-refractivity contribution is 5.87. The second-order valence-corrected chi connectivity index (χ2v) is 10.4. The van der Waals surface area contributed by atoms with Crippen LogP contribution in [0.15, 0.2) is 18.2 Å². The highest BCUT2D eigenvalue weighted by atomic mass is 16.5. The van der Waals surface area contributed by atoms with E-state index in [2.05, 4.69) is 44.3 Å². The Hall–Kier alpha value is -2.08. The van der Waals surface area contributed by atoms with Gasteiger partial charge in [-0.3, -0.25) is 9.59 Å². The van der Waals surface area contributed by atoms with Gasteiger partial charge in [0.25, 0.3) is 0 Å². The van der Waals surface area contributed by atoms with Crippen molar-refractivity contribution in [1.82, 2.24) is 10.2 Å². The summed E-state index contributed by atoms with van der Waals surface area (Å²) in [7, 11) is 0. The van der Waals surface area contributed by atoms with Gasteiger partial charge in [-0.1, -0.05) is 26.0 Å². The zero-order valence-corrected chi connectivity index (χ0v) is 19.6. The first-order valence-corrected chi connectivity index (χ1v) is 11.6. The fourth-order valence-corrected chi connectivity index (χ4v) is 5.54. The lowest BCUT2D eigenvalue weighted by atomic mass is 9.70. The number of benzene rings is 1. The lowest BCUT2D eigenvalue weighted by molar-refractivity contribution is -0.189. The van der Waals surface area contributed by atoms with Gasteiger partial charge in [-0.2, -0.15) is 0 Å². The number of aryl methyl sites for hydroxylation is 1. The SMILES string of the molecule is CC(=O)N[C@H](C(=O)N1CC[C@@H]2O[C@@H]3c4ccc(C)cc4OC(C)(C)[C@H]3C[C@@H]2C1)C(C)C. The first kappa shape index (κ1) is 22.1. The van der Waals surface area contributed by atoms with E-state index in [0.717, 1.165) is 24.2 Å². The minimum absolute atomic E-state index is 0.0192. The topological polar surface area (TPSA) is 67.9 Å². The molecule has 1 N–H and O–H groups in total. The molecule has 2 saturated heterocycles. The fourth-order valence-electron chi connectivity index (χ4n) is 5.54. The maximum atomic E-state index is 13.2. The molecule has 3 heterocycles. The summed E-state index contributed by atoms with van der Waals surface area (Å²) in [5.41, 5.74) is 2.00. The van der Waals surface area contributed by atoms with Crippen molar-refractivity contribution in [2.45, 2.75) is 78.2 Å². The second kappa shape index (κ2) is 8.12. The van der Waals surface area contributed by atoms with E-state index in [0.29, 0.717) is 13.1 Å². The maximum absolute atomic E-state index is 13.2. The summed E-state index contributed by atoms with van der Waals surface area (Å²) in [6, 6.07) is 5.91. The van der Waals surface area contributed by atoms with Gasteiger partial charge in [0.1, 0.15) is 17.4 Å². The molecular formula is C25H36N2O4. The van der Waals surface area contributed by atoms with E-state index in [-0.39, 0.29) is 47.4 Å². The largest absolute Gasteiger partial charge is 0.487 e. The van der Waals surface area contributed by atoms with Crippen molar-refractivity contribution in [3.05, 3.63) is 29.3 Å². The molecule has 2 amide bonds. The number of carbonyl (C=O) groups is 2. The van der Waals surface area contributed by atoms with Crippen molar-refractivity contribution in [3.8, 4) is 5.75 Å². The van der Waals surface area contributed by atoms with Crippen LogP contribution in [0.4, 0.5) is 0 Å². The van der Waals surface area contributed by atoms with E-state index >= 15 is 0 Å². The number of ether oxygens (including phenoxy) is 2. The summed E-state index contributed by atoms with van der Waals surface area (Å²) in [5.74, 6) is 1.35. The number of rotatable bonds is 3. The van der Waals surface area contributed by atoms with Gasteiger partial charge in [0, 0.05) is 37.4 Å². The molecule has 0 radical (unpaired) electrons. The molecule has 31 heavy (non-hydrogen) atoms. The van der Waals surface area contributed by atoms with Crippen molar-refractivity contribution >= 4 is 11.8 Å². The summed E-state index contributed by atoms with van der Waals surface area (Å²) in [6.07, 6.45) is 1.97. The van der Waals surface area contributed by atoms with Crippen molar-refractivity contribution in [3.63, 3.8) is 0 Å². The average molecular weight is 429 g/mol. The van der Waals surface area contributed by atoms with E-state index in [1.54, 1.807) is 0 Å². The molecule has 0 bridgehead atoms. The smallest absolute Gasteiger partial charge is 0.245 e. The number of likely N-dealkylation sites (tertiary alicyclic amines) is 1. The molecule has 170 valence electrons.